The summed E-state index contributed by atoms with van der Waals surface area (Å²) in [5.74, 6) is 2.12. The molecular weight excluding hydrogens is 400 g/mol. The van der Waals surface area contributed by atoms with E-state index < -0.39 is 0 Å². The van der Waals surface area contributed by atoms with Crippen LogP contribution in [0.25, 0.3) is 11.3 Å². The summed E-state index contributed by atoms with van der Waals surface area (Å²) in [6.45, 7) is 4.77. The lowest BCUT2D eigenvalue weighted by Gasteiger charge is -2.39. The average molecular weight is 429 g/mol. The van der Waals surface area contributed by atoms with Gasteiger partial charge in [0, 0.05) is 51.0 Å². The summed E-state index contributed by atoms with van der Waals surface area (Å²) in [6, 6.07) is 20.1. The third-order valence-corrected chi connectivity index (χ3v) is 6.38. The smallest absolute Gasteiger partial charge is 0.227 e. The molecule has 1 atom stereocenters. The van der Waals surface area contributed by atoms with Gasteiger partial charge in [-0.05, 0) is 37.1 Å². The number of nitrogens with zero attached hydrogens (tertiary/aromatic N) is 6. The fourth-order valence-electron chi connectivity index (χ4n) is 4.60. The summed E-state index contributed by atoms with van der Waals surface area (Å²) >= 11 is 0. The van der Waals surface area contributed by atoms with Crippen molar-refractivity contribution in [2.45, 2.75) is 12.8 Å². The number of hydrogen-bond donors (Lipinski definition) is 0. The van der Waals surface area contributed by atoms with Gasteiger partial charge in [-0.3, -0.25) is 4.79 Å². The highest BCUT2D eigenvalue weighted by Gasteiger charge is 2.31. The Kier molecular flexibility index (Phi) is 5.96. The standard InChI is InChI=1S/C25H28N6O/c32-25(30-17-15-29(16-18-30)23-10-4-5-13-26-23)21-9-6-14-31(19-21)24-12-11-22(27-28-24)20-7-2-1-3-8-20/h1-5,7-8,10-13,21H,6,9,14-19H2/t21-/m1/s1. The van der Waals surface area contributed by atoms with Gasteiger partial charge in [-0.15, -0.1) is 10.2 Å². The van der Waals surface area contributed by atoms with Gasteiger partial charge in [-0.1, -0.05) is 36.4 Å². The van der Waals surface area contributed by atoms with Crippen LogP contribution in [-0.4, -0.2) is 65.3 Å². The van der Waals surface area contributed by atoms with Crippen molar-refractivity contribution in [3.8, 4) is 11.3 Å². The maximum absolute atomic E-state index is 13.2. The number of aromatic nitrogens is 3. The predicted octanol–water partition coefficient (Wildman–Crippen LogP) is 3.10. The molecule has 7 nitrogen and oxygen atoms in total. The summed E-state index contributed by atoms with van der Waals surface area (Å²) in [5.41, 5.74) is 1.92. The second kappa shape index (κ2) is 9.34. The molecule has 2 aromatic heterocycles. The Bertz CT molecular complexity index is 1020. The van der Waals surface area contributed by atoms with E-state index in [1.807, 2.05) is 71.8 Å². The van der Waals surface area contributed by atoms with E-state index in [-0.39, 0.29) is 11.8 Å². The minimum atomic E-state index is 0.0146. The van der Waals surface area contributed by atoms with E-state index in [1.165, 1.54) is 0 Å². The Labute approximate surface area is 188 Å². The number of piperidine rings is 1. The van der Waals surface area contributed by atoms with Crippen molar-refractivity contribution in [3.05, 3.63) is 66.9 Å². The van der Waals surface area contributed by atoms with Crippen molar-refractivity contribution in [1.29, 1.82) is 0 Å². The molecule has 4 heterocycles. The van der Waals surface area contributed by atoms with Crippen LogP contribution in [0.5, 0.6) is 0 Å². The number of amides is 1. The number of rotatable bonds is 4. The summed E-state index contributed by atoms with van der Waals surface area (Å²) in [5, 5.41) is 8.89. The summed E-state index contributed by atoms with van der Waals surface area (Å²) < 4.78 is 0. The third kappa shape index (κ3) is 4.42. The fourth-order valence-corrected chi connectivity index (χ4v) is 4.60. The maximum atomic E-state index is 13.2. The van der Waals surface area contributed by atoms with Crippen LogP contribution >= 0.6 is 0 Å². The lowest BCUT2D eigenvalue weighted by atomic mass is 9.96. The molecule has 2 aliphatic rings. The monoisotopic (exact) mass is 428 g/mol. The van der Waals surface area contributed by atoms with Gasteiger partial charge in [0.1, 0.15) is 5.82 Å². The molecule has 3 aromatic rings. The minimum absolute atomic E-state index is 0.0146. The van der Waals surface area contributed by atoms with E-state index in [4.69, 9.17) is 0 Å². The Balaban J connectivity index is 1.19. The molecule has 0 unspecified atom stereocenters. The molecule has 0 spiro atoms. The van der Waals surface area contributed by atoms with Gasteiger partial charge in [-0.25, -0.2) is 4.98 Å². The zero-order chi connectivity index (χ0) is 21.8. The SMILES string of the molecule is O=C([C@@H]1CCCN(c2ccc(-c3ccccc3)nn2)C1)N1CCN(c2ccccn2)CC1. The number of pyridine rings is 1. The topological polar surface area (TPSA) is 65.5 Å². The van der Waals surface area contributed by atoms with Crippen LogP contribution in [0.1, 0.15) is 12.8 Å². The van der Waals surface area contributed by atoms with E-state index in [0.29, 0.717) is 6.54 Å². The van der Waals surface area contributed by atoms with Crippen LogP contribution in [0.3, 0.4) is 0 Å². The highest BCUT2D eigenvalue weighted by Crippen LogP contribution is 2.25. The second-order valence-corrected chi connectivity index (χ2v) is 8.43. The zero-order valence-corrected chi connectivity index (χ0v) is 18.2. The largest absolute Gasteiger partial charge is 0.354 e. The molecule has 2 fully saturated rings. The van der Waals surface area contributed by atoms with Crippen molar-refractivity contribution >= 4 is 17.5 Å². The molecule has 0 N–H and O–H groups in total. The van der Waals surface area contributed by atoms with Crippen molar-refractivity contribution in [2.75, 3.05) is 49.1 Å². The van der Waals surface area contributed by atoms with Crippen LogP contribution in [0, 0.1) is 5.92 Å². The van der Waals surface area contributed by atoms with Crippen molar-refractivity contribution in [3.63, 3.8) is 0 Å². The first kappa shape index (κ1) is 20.4. The number of anilines is 2. The third-order valence-electron chi connectivity index (χ3n) is 6.38. The number of hydrogen-bond acceptors (Lipinski definition) is 6. The number of piperazine rings is 1. The van der Waals surface area contributed by atoms with Gasteiger partial charge < -0.3 is 14.7 Å². The first-order chi connectivity index (χ1) is 15.8. The molecule has 7 heteroatoms. The molecule has 164 valence electrons. The average Bonchev–Trinajstić information content (AvgIpc) is 2.89. The van der Waals surface area contributed by atoms with Gasteiger partial charge in [-0.2, -0.15) is 0 Å². The molecule has 0 radical (unpaired) electrons. The molecule has 2 saturated heterocycles. The van der Waals surface area contributed by atoms with E-state index in [0.717, 1.165) is 68.5 Å². The molecule has 1 aromatic carbocycles. The van der Waals surface area contributed by atoms with Gasteiger partial charge in [0.15, 0.2) is 5.82 Å². The molecule has 32 heavy (non-hydrogen) atoms. The first-order valence-corrected chi connectivity index (χ1v) is 11.4. The highest BCUT2D eigenvalue weighted by atomic mass is 16.2. The molecular formula is C25H28N6O. The minimum Gasteiger partial charge on any atom is -0.354 e. The molecule has 5 rings (SSSR count). The van der Waals surface area contributed by atoms with Gasteiger partial charge >= 0.3 is 0 Å². The van der Waals surface area contributed by atoms with E-state index >= 15 is 0 Å². The number of carbonyl (C=O) groups excluding carboxylic acids is 1. The van der Waals surface area contributed by atoms with Gasteiger partial charge in [0.25, 0.3) is 0 Å². The zero-order valence-electron chi connectivity index (χ0n) is 18.2. The Morgan fingerprint density at radius 3 is 2.31 bits per heavy atom. The predicted molar refractivity (Wildman–Crippen MR) is 125 cm³/mol. The van der Waals surface area contributed by atoms with Crippen molar-refractivity contribution in [1.82, 2.24) is 20.1 Å². The maximum Gasteiger partial charge on any atom is 0.227 e. The van der Waals surface area contributed by atoms with E-state index in [9.17, 15) is 4.79 Å². The van der Waals surface area contributed by atoms with Crippen molar-refractivity contribution < 1.29 is 4.79 Å². The first-order valence-electron chi connectivity index (χ1n) is 11.4. The number of carbonyl (C=O) groups is 1. The molecule has 1 amide bonds. The van der Waals surface area contributed by atoms with Gasteiger partial charge in [0.2, 0.25) is 5.91 Å². The van der Waals surface area contributed by atoms with Crippen LogP contribution in [0.15, 0.2) is 66.9 Å². The van der Waals surface area contributed by atoms with Crippen LogP contribution in [0.2, 0.25) is 0 Å². The molecule has 0 saturated carbocycles. The van der Waals surface area contributed by atoms with E-state index in [1.54, 1.807) is 0 Å². The highest BCUT2D eigenvalue weighted by molar-refractivity contribution is 5.80. The Hall–Kier alpha value is -3.48. The summed E-state index contributed by atoms with van der Waals surface area (Å²) in [6.07, 6.45) is 3.75. The van der Waals surface area contributed by atoms with Crippen LogP contribution in [0.4, 0.5) is 11.6 Å². The normalized spacial score (nSPS) is 19.1. The van der Waals surface area contributed by atoms with E-state index in [2.05, 4.69) is 25.0 Å². The summed E-state index contributed by atoms with van der Waals surface area (Å²) in [4.78, 5) is 24.2. The quantitative estimate of drug-likeness (QED) is 0.636. The van der Waals surface area contributed by atoms with Crippen LogP contribution in [-0.2, 0) is 4.79 Å². The summed E-state index contributed by atoms with van der Waals surface area (Å²) in [7, 11) is 0. The molecule has 0 bridgehead atoms. The van der Waals surface area contributed by atoms with Gasteiger partial charge in [0.05, 0.1) is 11.6 Å². The second-order valence-electron chi connectivity index (χ2n) is 8.43. The molecule has 2 aliphatic heterocycles. The Morgan fingerprint density at radius 2 is 1.59 bits per heavy atom. The van der Waals surface area contributed by atoms with Crippen LogP contribution < -0.4 is 9.80 Å². The fraction of sp³-hybridized carbons (Fsp3) is 0.360. The Morgan fingerprint density at radius 1 is 0.781 bits per heavy atom. The lowest BCUT2D eigenvalue weighted by Crippen LogP contribution is -2.52. The van der Waals surface area contributed by atoms with Crippen molar-refractivity contribution in [2.24, 2.45) is 5.92 Å². The lowest BCUT2D eigenvalue weighted by molar-refractivity contribution is -0.136. The molecule has 0 aliphatic carbocycles. The number of benzene rings is 1.